The molecule has 0 radical (unpaired) electrons. The predicted molar refractivity (Wildman–Crippen MR) is 187 cm³/mol. The van der Waals surface area contributed by atoms with Gasteiger partial charge in [-0.05, 0) is 57.4 Å². The Bertz CT molecular complexity index is 1940. The zero-order valence-electron chi connectivity index (χ0n) is 27.9. The summed E-state index contributed by atoms with van der Waals surface area (Å²) in [6, 6.07) is 6.87. The molecule has 258 valence electrons. The number of nitrogens with two attached hydrogens (primary N) is 1. The van der Waals surface area contributed by atoms with Crippen LogP contribution in [-0.4, -0.2) is 119 Å². The van der Waals surface area contributed by atoms with Gasteiger partial charge in [0.25, 0.3) is 0 Å². The SMILES string of the molecule is CN(C)C/C=C/C(=O)N1CC[C@@H](N(C)c2nc(OC[C@@]34CCCN3C[C@H](F)C4)nc3c(F)c(-c4nc(N)cc5cccc(Cl)c45)ncc23)C1. The van der Waals surface area contributed by atoms with Crippen molar-refractivity contribution in [2.45, 2.75) is 43.4 Å². The van der Waals surface area contributed by atoms with Crippen molar-refractivity contribution >= 4 is 50.8 Å². The average molecular weight is 692 g/mol. The van der Waals surface area contributed by atoms with Gasteiger partial charge in [-0.25, -0.2) is 13.8 Å². The van der Waals surface area contributed by atoms with Gasteiger partial charge in [0.2, 0.25) is 5.91 Å². The Labute approximate surface area is 288 Å². The van der Waals surface area contributed by atoms with Crippen molar-refractivity contribution < 1.29 is 18.3 Å². The number of likely N-dealkylation sites (tertiary alicyclic amines) is 1. The quantitative estimate of drug-likeness (QED) is 0.247. The number of hydrogen-bond acceptors (Lipinski definition) is 10. The van der Waals surface area contributed by atoms with Crippen LogP contribution in [0.3, 0.4) is 0 Å². The topological polar surface area (TPSA) is 117 Å². The van der Waals surface area contributed by atoms with E-state index in [9.17, 15) is 9.18 Å². The molecule has 3 fully saturated rings. The lowest BCUT2D eigenvalue weighted by atomic mass is 9.95. The highest BCUT2D eigenvalue weighted by molar-refractivity contribution is 6.36. The zero-order valence-corrected chi connectivity index (χ0v) is 28.6. The van der Waals surface area contributed by atoms with E-state index in [1.54, 1.807) is 29.2 Å². The molecule has 3 atom stereocenters. The number of aromatic nitrogens is 4. The lowest BCUT2D eigenvalue weighted by Crippen LogP contribution is -2.43. The number of carbonyl (C=O) groups excluding carboxylic acids is 1. The van der Waals surface area contributed by atoms with Crippen LogP contribution >= 0.6 is 11.6 Å². The van der Waals surface area contributed by atoms with Crippen LogP contribution < -0.4 is 15.4 Å². The van der Waals surface area contributed by atoms with Crippen molar-refractivity contribution in [1.82, 2.24) is 34.6 Å². The average Bonchev–Trinajstić information content (AvgIpc) is 3.78. The van der Waals surface area contributed by atoms with E-state index in [0.717, 1.165) is 19.4 Å². The molecule has 0 aliphatic carbocycles. The summed E-state index contributed by atoms with van der Waals surface area (Å²) >= 11 is 6.58. The number of carbonyl (C=O) groups is 1. The lowest BCUT2D eigenvalue weighted by molar-refractivity contribution is -0.125. The van der Waals surface area contributed by atoms with Crippen molar-refractivity contribution in [2.75, 3.05) is 71.1 Å². The number of fused-ring (bicyclic) bond motifs is 3. The summed E-state index contributed by atoms with van der Waals surface area (Å²) in [4.78, 5) is 39.1. The molecular formula is C35H40ClF2N9O2. The molecule has 3 aliphatic rings. The van der Waals surface area contributed by atoms with Gasteiger partial charge in [-0.1, -0.05) is 29.8 Å². The molecule has 0 bridgehead atoms. The van der Waals surface area contributed by atoms with Crippen LogP contribution in [0.2, 0.25) is 5.02 Å². The fourth-order valence-electron chi connectivity index (χ4n) is 7.53. The number of rotatable bonds is 9. The van der Waals surface area contributed by atoms with E-state index >= 15 is 4.39 Å². The van der Waals surface area contributed by atoms with E-state index < -0.39 is 17.5 Å². The molecule has 7 rings (SSSR count). The first-order valence-corrected chi connectivity index (χ1v) is 17.0. The number of amides is 1. The maximum atomic E-state index is 16.8. The van der Waals surface area contributed by atoms with Crippen molar-refractivity contribution in [3.8, 4) is 17.4 Å². The van der Waals surface area contributed by atoms with Crippen LogP contribution in [0.15, 0.2) is 42.6 Å². The number of anilines is 2. The summed E-state index contributed by atoms with van der Waals surface area (Å²) < 4.78 is 37.6. The maximum absolute atomic E-state index is 16.8. The summed E-state index contributed by atoms with van der Waals surface area (Å²) in [6.45, 7) is 3.07. The van der Waals surface area contributed by atoms with Crippen molar-refractivity contribution in [1.29, 1.82) is 0 Å². The Morgan fingerprint density at radius 2 is 2.02 bits per heavy atom. The number of alkyl halides is 1. The van der Waals surface area contributed by atoms with Gasteiger partial charge in [0.05, 0.1) is 15.9 Å². The van der Waals surface area contributed by atoms with Crippen molar-refractivity contribution in [2.24, 2.45) is 0 Å². The highest BCUT2D eigenvalue weighted by Gasteiger charge is 2.49. The van der Waals surface area contributed by atoms with Gasteiger partial charge in [-0.15, -0.1) is 0 Å². The fourth-order valence-corrected chi connectivity index (χ4v) is 7.80. The predicted octanol–water partition coefficient (Wildman–Crippen LogP) is 4.72. The number of nitrogen functional groups attached to an aromatic ring is 1. The molecular weight excluding hydrogens is 652 g/mol. The molecule has 1 amide bonds. The van der Waals surface area contributed by atoms with Gasteiger partial charge < -0.3 is 25.2 Å². The Kier molecular flexibility index (Phi) is 9.01. The molecule has 6 heterocycles. The Balaban J connectivity index is 1.27. The normalized spacial score (nSPS) is 22.6. The second kappa shape index (κ2) is 13.3. The minimum Gasteiger partial charge on any atom is -0.461 e. The second-order valence-electron chi connectivity index (χ2n) is 13.6. The molecule has 49 heavy (non-hydrogen) atoms. The molecule has 1 aromatic carbocycles. The van der Waals surface area contributed by atoms with E-state index in [-0.39, 0.29) is 47.3 Å². The van der Waals surface area contributed by atoms with Crippen LogP contribution in [0.4, 0.5) is 20.4 Å². The molecule has 2 N–H and O–H groups in total. The van der Waals surface area contributed by atoms with E-state index in [1.165, 1.54) is 6.20 Å². The molecule has 3 aliphatic heterocycles. The highest BCUT2D eigenvalue weighted by Crippen LogP contribution is 2.41. The largest absolute Gasteiger partial charge is 0.461 e. The highest BCUT2D eigenvalue weighted by atomic mass is 35.5. The molecule has 3 saturated heterocycles. The van der Waals surface area contributed by atoms with Crippen molar-refractivity contribution in [3.05, 3.63) is 53.5 Å². The van der Waals surface area contributed by atoms with Gasteiger partial charge in [0, 0.05) is 63.3 Å². The smallest absolute Gasteiger partial charge is 0.319 e. The van der Waals surface area contributed by atoms with Gasteiger partial charge in [-0.3, -0.25) is 14.7 Å². The first-order valence-electron chi connectivity index (χ1n) is 16.6. The van der Waals surface area contributed by atoms with E-state index in [2.05, 4.69) is 19.9 Å². The third kappa shape index (κ3) is 6.35. The number of nitrogens with zero attached hydrogens (tertiary/aromatic N) is 8. The maximum Gasteiger partial charge on any atom is 0.319 e. The van der Waals surface area contributed by atoms with Crippen LogP contribution in [0.1, 0.15) is 25.7 Å². The molecule has 0 saturated carbocycles. The Morgan fingerprint density at radius 1 is 1.18 bits per heavy atom. The van der Waals surface area contributed by atoms with E-state index in [4.69, 9.17) is 27.1 Å². The Morgan fingerprint density at radius 3 is 2.84 bits per heavy atom. The molecule has 3 aromatic heterocycles. The monoisotopic (exact) mass is 691 g/mol. The van der Waals surface area contributed by atoms with Crippen LogP contribution in [0, 0.1) is 5.82 Å². The molecule has 4 aromatic rings. The van der Waals surface area contributed by atoms with Crippen LogP contribution in [0.25, 0.3) is 33.1 Å². The number of likely N-dealkylation sites (N-methyl/N-ethyl adjacent to an activating group) is 2. The summed E-state index contributed by atoms with van der Waals surface area (Å²) in [5, 5.41) is 1.97. The fraction of sp³-hybridized carbons (Fsp3) is 0.457. The number of hydrogen-bond donors (Lipinski definition) is 1. The summed E-state index contributed by atoms with van der Waals surface area (Å²) in [5.74, 6) is -0.175. The number of halogens is 3. The standard InChI is InChI=1S/C35H40ClF2N9O2/c1-44(2)12-5-9-27(48)46-14-10-23(19-46)45(3)33-24-17-40-32(31-28-21(15-26(39)41-31)7-4-8-25(28)36)29(38)30(24)42-34(43-33)49-20-35-11-6-13-47(35)18-22(37)16-35/h4-5,7-9,15,17,22-23H,6,10-14,16,18-20H2,1-3H3,(H2,39,41)/b9-5+/t22-,23-,35+/m1/s1. The molecule has 14 heteroatoms. The van der Waals surface area contributed by atoms with Gasteiger partial charge in [0.15, 0.2) is 5.82 Å². The summed E-state index contributed by atoms with van der Waals surface area (Å²) in [6.07, 6.45) is 6.88. The third-order valence-electron chi connectivity index (χ3n) is 10.0. The lowest BCUT2D eigenvalue weighted by Gasteiger charge is -2.31. The number of pyridine rings is 2. The molecule has 0 spiro atoms. The first-order chi connectivity index (χ1) is 23.5. The summed E-state index contributed by atoms with van der Waals surface area (Å²) in [5.41, 5.74) is 5.82. The van der Waals surface area contributed by atoms with Gasteiger partial charge in [-0.2, -0.15) is 9.97 Å². The van der Waals surface area contributed by atoms with Crippen LogP contribution in [-0.2, 0) is 4.79 Å². The van der Waals surface area contributed by atoms with Crippen molar-refractivity contribution in [3.63, 3.8) is 0 Å². The minimum absolute atomic E-state index is 0.00519. The number of ether oxygens (including phenoxy) is 1. The van der Waals surface area contributed by atoms with E-state index in [0.29, 0.717) is 66.0 Å². The Hall–Kier alpha value is -4.20. The first kappa shape index (κ1) is 33.3. The summed E-state index contributed by atoms with van der Waals surface area (Å²) in [7, 11) is 5.75. The van der Waals surface area contributed by atoms with Crippen LogP contribution in [0.5, 0.6) is 6.01 Å². The zero-order chi connectivity index (χ0) is 34.4. The minimum atomic E-state index is -0.924. The van der Waals surface area contributed by atoms with E-state index in [1.807, 2.05) is 43.1 Å². The molecule has 0 unspecified atom stereocenters. The molecule has 11 nitrogen and oxygen atoms in total. The van der Waals surface area contributed by atoms with Gasteiger partial charge >= 0.3 is 6.01 Å². The van der Waals surface area contributed by atoms with Gasteiger partial charge in [0.1, 0.15) is 41.3 Å². The third-order valence-corrected chi connectivity index (χ3v) is 10.3. The second-order valence-corrected chi connectivity index (χ2v) is 14.0. The number of benzene rings is 1.